The standard InChI is InChI=1S/C13H13N5O3/c1-4-17-9-8(6(2)5-7(3)14-9)11(19)18-10(12(20)21)15-16-13(17)18/h5H,4H2,1-3H3,(H,20,21). The Bertz CT molecular complexity index is 954. The lowest BCUT2D eigenvalue weighted by Crippen LogP contribution is -2.23. The summed E-state index contributed by atoms with van der Waals surface area (Å²) in [7, 11) is 0. The molecular formula is C13H13N5O3. The summed E-state index contributed by atoms with van der Waals surface area (Å²) >= 11 is 0. The van der Waals surface area contributed by atoms with Gasteiger partial charge >= 0.3 is 5.97 Å². The number of fused-ring (bicyclic) bond motifs is 2. The van der Waals surface area contributed by atoms with Crippen LogP contribution < -0.4 is 5.56 Å². The zero-order valence-electron chi connectivity index (χ0n) is 11.8. The van der Waals surface area contributed by atoms with Crippen LogP contribution >= 0.6 is 0 Å². The number of hydrogen-bond donors (Lipinski definition) is 1. The van der Waals surface area contributed by atoms with Crippen LogP contribution in [0.5, 0.6) is 0 Å². The Labute approximate surface area is 118 Å². The third-order valence-corrected chi connectivity index (χ3v) is 3.39. The molecule has 21 heavy (non-hydrogen) atoms. The number of hydrogen-bond acceptors (Lipinski definition) is 5. The summed E-state index contributed by atoms with van der Waals surface area (Å²) in [6, 6.07) is 1.79. The van der Waals surface area contributed by atoms with Crippen LogP contribution in [0, 0.1) is 13.8 Å². The van der Waals surface area contributed by atoms with E-state index >= 15 is 0 Å². The molecule has 1 N–H and O–H groups in total. The Hall–Kier alpha value is -2.77. The summed E-state index contributed by atoms with van der Waals surface area (Å²) in [5, 5.41) is 17.0. The Morgan fingerprint density at radius 3 is 2.67 bits per heavy atom. The van der Waals surface area contributed by atoms with Gasteiger partial charge in [0.15, 0.2) is 0 Å². The minimum Gasteiger partial charge on any atom is -0.475 e. The van der Waals surface area contributed by atoms with Crippen LogP contribution in [0.4, 0.5) is 0 Å². The predicted octanol–water partition coefficient (Wildman–Crippen LogP) is 0.774. The monoisotopic (exact) mass is 287 g/mol. The molecule has 0 aliphatic rings. The number of carboxylic acids is 1. The summed E-state index contributed by atoms with van der Waals surface area (Å²) in [5.74, 6) is -1.50. The van der Waals surface area contributed by atoms with Crippen molar-refractivity contribution in [2.45, 2.75) is 27.3 Å². The smallest absolute Gasteiger partial charge is 0.374 e. The zero-order valence-corrected chi connectivity index (χ0v) is 11.8. The summed E-state index contributed by atoms with van der Waals surface area (Å²) in [6.45, 7) is 6.01. The Kier molecular flexibility index (Phi) is 2.75. The third kappa shape index (κ3) is 1.72. The fourth-order valence-electron chi connectivity index (χ4n) is 2.55. The summed E-state index contributed by atoms with van der Waals surface area (Å²) < 4.78 is 2.72. The van der Waals surface area contributed by atoms with Crippen molar-refractivity contribution < 1.29 is 9.90 Å². The van der Waals surface area contributed by atoms with Crippen molar-refractivity contribution in [1.29, 1.82) is 0 Å². The van der Waals surface area contributed by atoms with E-state index in [2.05, 4.69) is 15.2 Å². The van der Waals surface area contributed by atoms with Crippen LogP contribution in [0.15, 0.2) is 10.9 Å². The molecule has 0 unspecified atom stereocenters. The molecule has 3 rings (SSSR count). The second kappa shape index (κ2) is 4.37. The average Bonchev–Trinajstić information content (AvgIpc) is 2.83. The van der Waals surface area contributed by atoms with E-state index in [9.17, 15) is 9.59 Å². The summed E-state index contributed by atoms with van der Waals surface area (Å²) in [5.41, 5.74) is 1.56. The van der Waals surface area contributed by atoms with Gasteiger partial charge in [0.25, 0.3) is 11.4 Å². The van der Waals surface area contributed by atoms with Crippen LogP contribution in [0.1, 0.15) is 28.8 Å². The van der Waals surface area contributed by atoms with Gasteiger partial charge in [-0.3, -0.25) is 9.36 Å². The molecule has 0 aromatic carbocycles. The number of aromatic nitrogens is 5. The number of aromatic carboxylic acids is 1. The maximum atomic E-state index is 12.6. The van der Waals surface area contributed by atoms with Crippen molar-refractivity contribution in [1.82, 2.24) is 24.1 Å². The lowest BCUT2D eigenvalue weighted by Gasteiger charge is -2.11. The molecule has 0 fully saturated rings. The van der Waals surface area contributed by atoms with E-state index < -0.39 is 11.5 Å². The average molecular weight is 287 g/mol. The lowest BCUT2D eigenvalue weighted by molar-refractivity contribution is 0.0681. The first kappa shape index (κ1) is 13.2. The molecular weight excluding hydrogens is 274 g/mol. The molecule has 0 aliphatic heterocycles. The second-order valence-electron chi connectivity index (χ2n) is 4.79. The van der Waals surface area contributed by atoms with Crippen LogP contribution in [-0.2, 0) is 6.54 Å². The molecule has 0 saturated carbocycles. The van der Waals surface area contributed by atoms with Gasteiger partial charge in [0.1, 0.15) is 5.65 Å². The Morgan fingerprint density at radius 2 is 2.05 bits per heavy atom. The van der Waals surface area contributed by atoms with E-state index in [1.54, 1.807) is 17.6 Å². The lowest BCUT2D eigenvalue weighted by atomic mass is 10.2. The fourth-order valence-corrected chi connectivity index (χ4v) is 2.55. The van der Waals surface area contributed by atoms with Gasteiger partial charge in [-0.05, 0) is 32.4 Å². The van der Waals surface area contributed by atoms with E-state index in [0.29, 0.717) is 17.6 Å². The molecule has 0 aliphatic carbocycles. The van der Waals surface area contributed by atoms with Gasteiger partial charge in [-0.25, -0.2) is 14.2 Å². The molecule has 0 spiro atoms. The third-order valence-electron chi connectivity index (χ3n) is 3.39. The first-order valence-corrected chi connectivity index (χ1v) is 6.45. The van der Waals surface area contributed by atoms with Crippen molar-refractivity contribution in [3.63, 3.8) is 0 Å². The molecule has 3 heterocycles. The highest BCUT2D eigenvalue weighted by molar-refractivity contribution is 5.86. The highest BCUT2D eigenvalue weighted by Crippen LogP contribution is 2.17. The molecule has 0 amide bonds. The molecule has 108 valence electrons. The summed E-state index contributed by atoms with van der Waals surface area (Å²) in [6.07, 6.45) is 0. The number of pyridine rings is 1. The van der Waals surface area contributed by atoms with Crippen molar-refractivity contribution in [2.75, 3.05) is 0 Å². The van der Waals surface area contributed by atoms with E-state index in [1.807, 2.05) is 13.8 Å². The van der Waals surface area contributed by atoms with Crippen LogP contribution in [-0.4, -0.2) is 35.2 Å². The van der Waals surface area contributed by atoms with Gasteiger partial charge in [-0.2, -0.15) is 0 Å². The largest absolute Gasteiger partial charge is 0.475 e. The maximum absolute atomic E-state index is 12.6. The van der Waals surface area contributed by atoms with Crippen molar-refractivity contribution in [2.24, 2.45) is 0 Å². The quantitative estimate of drug-likeness (QED) is 0.747. The highest BCUT2D eigenvalue weighted by atomic mass is 16.4. The number of aryl methyl sites for hydroxylation is 3. The first-order valence-electron chi connectivity index (χ1n) is 6.45. The van der Waals surface area contributed by atoms with E-state index in [1.165, 1.54) is 0 Å². The maximum Gasteiger partial charge on any atom is 0.374 e. The van der Waals surface area contributed by atoms with E-state index in [0.717, 1.165) is 15.7 Å². The van der Waals surface area contributed by atoms with Gasteiger partial charge in [0.2, 0.25) is 5.78 Å². The van der Waals surface area contributed by atoms with Gasteiger partial charge in [0, 0.05) is 12.2 Å². The molecule has 8 heteroatoms. The fraction of sp³-hybridized carbons (Fsp3) is 0.308. The topological polar surface area (TPSA) is 102 Å². The van der Waals surface area contributed by atoms with Gasteiger partial charge < -0.3 is 5.11 Å². The normalized spacial score (nSPS) is 11.4. The highest BCUT2D eigenvalue weighted by Gasteiger charge is 2.21. The number of carbonyl (C=O) groups is 1. The molecule has 8 nitrogen and oxygen atoms in total. The minimum atomic E-state index is -1.29. The Balaban J connectivity index is 2.68. The molecule has 0 saturated heterocycles. The zero-order chi connectivity index (χ0) is 15.3. The Morgan fingerprint density at radius 1 is 1.33 bits per heavy atom. The van der Waals surface area contributed by atoms with Gasteiger partial charge in [0.05, 0.1) is 5.39 Å². The molecule has 0 atom stereocenters. The number of rotatable bonds is 2. The van der Waals surface area contributed by atoms with Gasteiger partial charge in [-0.1, -0.05) is 0 Å². The molecule has 0 radical (unpaired) electrons. The van der Waals surface area contributed by atoms with Gasteiger partial charge in [-0.15, -0.1) is 10.2 Å². The van der Waals surface area contributed by atoms with Crippen LogP contribution in [0.25, 0.3) is 16.8 Å². The van der Waals surface area contributed by atoms with Crippen LogP contribution in [0.2, 0.25) is 0 Å². The number of nitrogens with zero attached hydrogens (tertiary/aromatic N) is 5. The molecule has 3 aromatic heterocycles. The minimum absolute atomic E-state index is 0.185. The first-order chi connectivity index (χ1) is 9.95. The van der Waals surface area contributed by atoms with Crippen molar-refractivity contribution in [3.8, 4) is 0 Å². The van der Waals surface area contributed by atoms with E-state index in [4.69, 9.17) is 5.11 Å². The van der Waals surface area contributed by atoms with Crippen molar-refractivity contribution >= 4 is 22.8 Å². The van der Waals surface area contributed by atoms with Crippen LogP contribution in [0.3, 0.4) is 0 Å². The SMILES string of the molecule is CCn1c2nc(C)cc(C)c2c(=O)n2c(C(=O)O)nnc12. The van der Waals surface area contributed by atoms with E-state index in [-0.39, 0.29) is 11.6 Å². The summed E-state index contributed by atoms with van der Waals surface area (Å²) in [4.78, 5) is 28.3. The second-order valence-corrected chi connectivity index (χ2v) is 4.79. The van der Waals surface area contributed by atoms with Crippen molar-refractivity contribution in [3.05, 3.63) is 33.5 Å². The molecule has 0 bridgehead atoms. The number of carboxylic acid groups (broad SMARTS) is 1. The predicted molar refractivity (Wildman–Crippen MR) is 74.7 cm³/mol. The molecule has 3 aromatic rings.